The van der Waals surface area contributed by atoms with Crippen LogP contribution in [0, 0.1) is 6.92 Å². The van der Waals surface area contributed by atoms with Crippen molar-refractivity contribution >= 4 is 17.7 Å². The summed E-state index contributed by atoms with van der Waals surface area (Å²) < 4.78 is 11.3. The van der Waals surface area contributed by atoms with E-state index in [1.807, 2.05) is 0 Å². The molecule has 2 fully saturated rings. The Bertz CT molecular complexity index is 748. The first-order chi connectivity index (χ1) is 14.4. The SMILES string of the molecule is Cc1ccc([C@@H](C(=O)NC[C@H]2CCCO2)N(C(=O)C(=O)NC2CCCC2)C(C)C)o1. The van der Waals surface area contributed by atoms with Crippen LogP contribution >= 0.6 is 0 Å². The van der Waals surface area contributed by atoms with Gasteiger partial charge in [-0.25, -0.2) is 0 Å². The zero-order valence-corrected chi connectivity index (χ0v) is 18.1. The molecule has 8 nitrogen and oxygen atoms in total. The lowest BCUT2D eigenvalue weighted by Crippen LogP contribution is -2.53. The van der Waals surface area contributed by atoms with E-state index in [4.69, 9.17) is 9.15 Å². The maximum absolute atomic E-state index is 13.2. The van der Waals surface area contributed by atoms with Gasteiger partial charge in [0.2, 0.25) is 0 Å². The molecule has 2 N–H and O–H groups in total. The monoisotopic (exact) mass is 419 g/mol. The number of amides is 3. The van der Waals surface area contributed by atoms with Gasteiger partial charge in [-0.15, -0.1) is 0 Å². The number of nitrogens with one attached hydrogen (secondary N) is 2. The Morgan fingerprint density at radius 3 is 2.43 bits per heavy atom. The Kier molecular flexibility index (Phi) is 7.53. The van der Waals surface area contributed by atoms with Crippen molar-refractivity contribution in [2.24, 2.45) is 0 Å². The molecule has 3 rings (SSSR count). The topological polar surface area (TPSA) is 101 Å². The summed E-state index contributed by atoms with van der Waals surface area (Å²) in [5.41, 5.74) is 0. The maximum Gasteiger partial charge on any atom is 0.313 e. The van der Waals surface area contributed by atoms with Crippen molar-refractivity contribution in [3.8, 4) is 0 Å². The van der Waals surface area contributed by atoms with E-state index in [0.717, 1.165) is 38.5 Å². The molecule has 1 aliphatic carbocycles. The second-order valence-electron chi connectivity index (χ2n) is 8.49. The van der Waals surface area contributed by atoms with Gasteiger partial charge in [-0.05, 0) is 58.6 Å². The first-order valence-electron chi connectivity index (χ1n) is 11.0. The van der Waals surface area contributed by atoms with Crippen LogP contribution in [-0.2, 0) is 19.1 Å². The van der Waals surface area contributed by atoms with Crippen molar-refractivity contribution in [1.82, 2.24) is 15.5 Å². The third kappa shape index (κ3) is 5.41. The van der Waals surface area contributed by atoms with E-state index in [9.17, 15) is 14.4 Å². The minimum absolute atomic E-state index is 0.0214. The molecule has 1 saturated carbocycles. The molecule has 2 atom stereocenters. The van der Waals surface area contributed by atoms with E-state index in [-0.39, 0.29) is 24.1 Å². The predicted octanol–water partition coefficient (Wildman–Crippen LogP) is 2.22. The lowest BCUT2D eigenvalue weighted by atomic mass is 10.1. The van der Waals surface area contributed by atoms with Crippen LogP contribution in [0.25, 0.3) is 0 Å². The summed E-state index contributed by atoms with van der Waals surface area (Å²) in [6.45, 7) is 6.41. The van der Waals surface area contributed by atoms with Gasteiger partial charge in [0.05, 0.1) is 6.10 Å². The molecule has 2 aliphatic rings. The number of rotatable bonds is 7. The van der Waals surface area contributed by atoms with Crippen LogP contribution in [0.2, 0.25) is 0 Å². The van der Waals surface area contributed by atoms with Crippen LogP contribution in [0.15, 0.2) is 16.5 Å². The summed E-state index contributed by atoms with van der Waals surface area (Å²) in [7, 11) is 0. The molecule has 8 heteroatoms. The summed E-state index contributed by atoms with van der Waals surface area (Å²) >= 11 is 0. The van der Waals surface area contributed by atoms with Crippen molar-refractivity contribution < 1.29 is 23.5 Å². The second-order valence-corrected chi connectivity index (χ2v) is 8.49. The van der Waals surface area contributed by atoms with Crippen molar-refractivity contribution in [2.75, 3.05) is 13.2 Å². The molecule has 0 bridgehead atoms. The average Bonchev–Trinajstić information content (AvgIpc) is 3.46. The number of aryl methyl sites for hydroxylation is 1. The molecule has 166 valence electrons. The highest BCUT2D eigenvalue weighted by atomic mass is 16.5. The highest BCUT2D eigenvalue weighted by Crippen LogP contribution is 2.26. The molecular formula is C22H33N3O5. The molecule has 30 heavy (non-hydrogen) atoms. The van der Waals surface area contributed by atoms with Gasteiger partial charge < -0.3 is 24.7 Å². The largest absolute Gasteiger partial charge is 0.464 e. The molecule has 0 radical (unpaired) electrons. The van der Waals surface area contributed by atoms with Gasteiger partial charge in [-0.2, -0.15) is 0 Å². The zero-order chi connectivity index (χ0) is 21.7. The molecule has 0 aromatic carbocycles. The van der Waals surface area contributed by atoms with E-state index in [1.165, 1.54) is 4.90 Å². The summed E-state index contributed by atoms with van der Waals surface area (Å²) in [6, 6.07) is 2.05. The summed E-state index contributed by atoms with van der Waals surface area (Å²) in [4.78, 5) is 40.3. The number of nitrogens with zero attached hydrogens (tertiary/aromatic N) is 1. The Labute approximate surface area is 177 Å². The van der Waals surface area contributed by atoms with Gasteiger partial charge >= 0.3 is 11.8 Å². The van der Waals surface area contributed by atoms with Crippen LogP contribution in [0.5, 0.6) is 0 Å². The highest BCUT2D eigenvalue weighted by molar-refractivity contribution is 6.35. The van der Waals surface area contributed by atoms with Crippen LogP contribution in [-0.4, -0.2) is 54.0 Å². The fourth-order valence-electron chi connectivity index (χ4n) is 4.19. The number of carbonyl (C=O) groups is 3. The average molecular weight is 420 g/mol. The summed E-state index contributed by atoms with van der Waals surface area (Å²) in [5, 5.41) is 5.71. The first kappa shape index (κ1) is 22.3. The van der Waals surface area contributed by atoms with Crippen molar-refractivity contribution in [2.45, 2.75) is 83.5 Å². The molecule has 1 saturated heterocycles. The van der Waals surface area contributed by atoms with Crippen LogP contribution < -0.4 is 10.6 Å². The van der Waals surface area contributed by atoms with E-state index in [2.05, 4.69) is 10.6 Å². The molecule has 3 amide bonds. The predicted molar refractivity (Wildman–Crippen MR) is 111 cm³/mol. The molecule has 0 spiro atoms. The lowest BCUT2D eigenvalue weighted by molar-refractivity contribution is -0.152. The Morgan fingerprint density at radius 2 is 1.87 bits per heavy atom. The summed E-state index contributed by atoms with van der Waals surface area (Å²) in [6.07, 6.45) is 5.69. The van der Waals surface area contributed by atoms with Gasteiger partial charge in [0.15, 0.2) is 6.04 Å². The minimum Gasteiger partial charge on any atom is -0.464 e. The molecule has 2 heterocycles. The molecule has 1 aromatic rings. The maximum atomic E-state index is 13.2. The third-order valence-electron chi connectivity index (χ3n) is 5.76. The van der Waals surface area contributed by atoms with Crippen molar-refractivity contribution in [3.63, 3.8) is 0 Å². The number of ether oxygens (including phenoxy) is 1. The van der Waals surface area contributed by atoms with Gasteiger partial charge in [-0.1, -0.05) is 12.8 Å². The van der Waals surface area contributed by atoms with Crippen molar-refractivity contribution in [1.29, 1.82) is 0 Å². The number of hydrogen-bond acceptors (Lipinski definition) is 5. The lowest BCUT2D eigenvalue weighted by Gasteiger charge is -2.33. The molecule has 1 aliphatic heterocycles. The number of furan rings is 1. The smallest absolute Gasteiger partial charge is 0.313 e. The zero-order valence-electron chi connectivity index (χ0n) is 18.1. The minimum atomic E-state index is -1.03. The van der Waals surface area contributed by atoms with E-state index >= 15 is 0 Å². The Balaban J connectivity index is 1.79. The molecular weight excluding hydrogens is 386 g/mol. The number of hydrogen-bond donors (Lipinski definition) is 2. The fraction of sp³-hybridized carbons (Fsp3) is 0.682. The highest BCUT2D eigenvalue weighted by Gasteiger charge is 2.39. The Morgan fingerprint density at radius 1 is 1.13 bits per heavy atom. The third-order valence-corrected chi connectivity index (χ3v) is 5.76. The molecule has 0 unspecified atom stereocenters. The van der Waals surface area contributed by atoms with Crippen molar-refractivity contribution in [3.05, 3.63) is 23.7 Å². The first-order valence-corrected chi connectivity index (χ1v) is 11.0. The molecule has 1 aromatic heterocycles. The van der Waals surface area contributed by atoms with E-state index < -0.39 is 17.9 Å². The van der Waals surface area contributed by atoms with E-state index in [0.29, 0.717) is 24.7 Å². The number of carbonyl (C=O) groups excluding carboxylic acids is 3. The van der Waals surface area contributed by atoms with Crippen LogP contribution in [0.4, 0.5) is 0 Å². The normalized spacial score (nSPS) is 20.3. The van der Waals surface area contributed by atoms with Crippen LogP contribution in [0.1, 0.15) is 69.9 Å². The van der Waals surface area contributed by atoms with Gasteiger partial charge in [0.25, 0.3) is 5.91 Å². The standard InChI is InChI=1S/C22H33N3O5/c1-14(2)25(22(28)21(27)24-16-7-4-5-8-16)19(18-11-10-15(3)30-18)20(26)23-13-17-9-6-12-29-17/h10-11,14,16-17,19H,4-9,12-13H2,1-3H3,(H,23,26)(H,24,27)/t17-,19+/m1/s1. The van der Waals surface area contributed by atoms with E-state index in [1.54, 1.807) is 32.9 Å². The summed E-state index contributed by atoms with van der Waals surface area (Å²) in [5.74, 6) is -0.795. The Hall–Kier alpha value is -2.35. The van der Waals surface area contributed by atoms with Gasteiger partial charge in [0, 0.05) is 25.2 Å². The quantitative estimate of drug-likeness (QED) is 0.660. The second kappa shape index (κ2) is 10.1. The van der Waals surface area contributed by atoms with Gasteiger partial charge in [0.1, 0.15) is 11.5 Å². The van der Waals surface area contributed by atoms with Crippen LogP contribution in [0.3, 0.4) is 0 Å². The fourth-order valence-corrected chi connectivity index (χ4v) is 4.19. The van der Waals surface area contributed by atoms with Gasteiger partial charge in [-0.3, -0.25) is 14.4 Å².